The molecule has 0 aliphatic carbocycles. The average Bonchev–Trinajstić information content (AvgIpc) is 3.36. The van der Waals surface area contributed by atoms with Crippen molar-refractivity contribution in [3.8, 4) is 28.6 Å². The maximum Gasteiger partial charge on any atom is 0.274 e. The van der Waals surface area contributed by atoms with Crippen LogP contribution in [0, 0.1) is 6.92 Å². The first-order valence-corrected chi connectivity index (χ1v) is 12.5. The van der Waals surface area contributed by atoms with Crippen molar-refractivity contribution in [3.05, 3.63) is 41.0 Å². The van der Waals surface area contributed by atoms with Gasteiger partial charge in [0.25, 0.3) is 5.91 Å². The third-order valence-electron chi connectivity index (χ3n) is 6.92. The van der Waals surface area contributed by atoms with E-state index in [1.807, 2.05) is 64.9 Å². The summed E-state index contributed by atoms with van der Waals surface area (Å²) >= 11 is 0. The highest BCUT2D eigenvalue weighted by Gasteiger charge is 2.38. The molecule has 0 saturated carbocycles. The Morgan fingerprint density at radius 2 is 1.97 bits per heavy atom. The van der Waals surface area contributed by atoms with Crippen LogP contribution in [-0.4, -0.2) is 68.6 Å². The Morgan fingerprint density at radius 1 is 1.19 bits per heavy atom. The highest BCUT2D eigenvalue weighted by Crippen LogP contribution is 2.40. The van der Waals surface area contributed by atoms with Gasteiger partial charge in [0.2, 0.25) is 0 Å². The van der Waals surface area contributed by atoms with Crippen LogP contribution < -0.4 is 9.47 Å². The van der Waals surface area contributed by atoms with Gasteiger partial charge in [0.15, 0.2) is 17.2 Å². The van der Waals surface area contributed by atoms with Crippen LogP contribution in [0.3, 0.4) is 0 Å². The minimum Gasteiger partial charge on any atom is -0.493 e. The van der Waals surface area contributed by atoms with Crippen LogP contribution in [-0.2, 0) is 24.6 Å². The number of benzene rings is 1. The van der Waals surface area contributed by atoms with Crippen LogP contribution in [0.1, 0.15) is 55.1 Å². The molecule has 1 fully saturated rings. The number of aromatic nitrogens is 4. The second-order valence-corrected chi connectivity index (χ2v) is 10.5. The van der Waals surface area contributed by atoms with Crippen molar-refractivity contribution >= 4 is 5.91 Å². The molecule has 2 aliphatic rings. The van der Waals surface area contributed by atoms with Gasteiger partial charge in [0.1, 0.15) is 5.82 Å². The van der Waals surface area contributed by atoms with Gasteiger partial charge in [-0.1, -0.05) is 0 Å². The highest BCUT2D eigenvalue weighted by atomic mass is 16.5. The summed E-state index contributed by atoms with van der Waals surface area (Å²) in [5, 5.41) is 4.55. The number of rotatable bonds is 5. The van der Waals surface area contributed by atoms with E-state index < -0.39 is 5.54 Å². The number of morpholine rings is 1. The summed E-state index contributed by atoms with van der Waals surface area (Å²) in [6.45, 7) is 11.6. The molecule has 0 N–H and O–H groups in total. The number of carbonyl (C=O) groups is 1. The van der Waals surface area contributed by atoms with Crippen molar-refractivity contribution in [1.29, 1.82) is 0 Å². The molecule has 0 unspecified atom stereocenters. The number of fused-ring (bicyclic) bond motifs is 3. The normalized spacial score (nSPS) is 16.6. The zero-order chi connectivity index (χ0) is 25.8. The van der Waals surface area contributed by atoms with Crippen molar-refractivity contribution in [2.75, 3.05) is 26.9 Å². The van der Waals surface area contributed by atoms with Crippen LogP contribution >= 0.6 is 0 Å². The second kappa shape index (κ2) is 8.96. The van der Waals surface area contributed by atoms with Crippen molar-refractivity contribution in [3.63, 3.8) is 0 Å². The lowest BCUT2D eigenvalue weighted by atomic mass is 9.98. The van der Waals surface area contributed by atoms with Gasteiger partial charge in [-0.3, -0.25) is 14.0 Å². The first-order chi connectivity index (χ1) is 17.1. The minimum absolute atomic E-state index is 0.0106. The van der Waals surface area contributed by atoms with Gasteiger partial charge in [0, 0.05) is 25.9 Å². The van der Waals surface area contributed by atoms with Gasteiger partial charge in [-0.15, -0.1) is 0 Å². The van der Waals surface area contributed by atoms with Gasteiger partial charge in [-0.2, -0.15) is 5.10 Å². The standard InChI is InChI=1S/C27H35N5O4/c1-16(2)36-23-13-21-18(12-22(23)34-7)8-9-20-24(26(33)31-10-11-35-15-27(31,4)5)28-25(32(20)21)19-14-30(6)29-17(19)3/h12-14,16H,8-11,15H2,1-7H3. The van der Waals surface area contributed by atoms with E-state index in [0.717, 1.165) is 34.6 Å². The molecule has 2 aliphatic heterocycles. The zero-order valence-electron chi connectivity index (χ0n) is 22.2. The number of ether oxygens (including phenoxy) is 3. The fourth-order valence-corrected chi connectivity index (χ4v) is 5.24. The number of hydrogen-bond acceptors (Lipinski definition) is 6. The first kappa shape index (κ1) is 24.4. The largest absolute Gasteiger partial charge is 0.493 e. The average molecular weight is 494 g/mol. The van der Waals surface area contributed by atoms with Crippen molar-refractivity contribution < 1.29 is 19.0 Å². The number of amides is 1. The lowest BCUT2D eigenvalue weighted by Gasteiger charge is -2.41. The van der Waals surface area contributed by atoms with Gasteiger partial charge < -0.3 is 19.1 Å². The van der Waals surface area contributed by atoms with Gasteiger partial charge in [-0.25, -0.2) is 4.98 Å². The van der Waals surface area contributed by atoms with Gasteiger partial charge in [0.05, 0.1) is 54.6 Å². The lowest BCUT2D eigenvalue weighted by Crippen LogP contribution is -2.55. The first-order valence-electron chi connectivity index (χ1n) is 12.5. The summed E-state index contributed by atoms with van der Waals surface area (Å²) in [6.07, 6.45) is 3.42. The number of carbonyl (C=O) groups excluding carboxylic acids is 1. The Labute approximate surface area is 212 Å². The molecule has 1 aromatic carbocycles. The summed E-state index contributed by atoms with van der Waals surface area (Å²) in [6, 6.07) is 4.06. The fourth-order valence-electron chi connectivity index (χ4n) is 5.24. The third-order valence-corrected chi connectivity index (χ3v) is 6.92. The molecule has 36 heavy (non-hydrogen) atoms. The Kier molecular flexibility index (Phi) is 6.06. The van der Waals surface area contributed by atoms with E-state index in [1.54, 1.807) is 11.8 Å². The topological polar surface area (TPSA) is 83.6 Å². The van der Waals surface area contributed by atoms with E-state index in [0.29, 0.717) is 49.2 Å². The van der Waals surface area contributed by atoms with Crippen molar-refractivity contribution in [1.82, 2.24) is 24.2 Å². The maximum absolute atomic E-state index is 14.0. The van der Waals surface area contributed by atoms with Crippen molar-refractivity contribution in [2.24, 2.45) is 7.05 Å². The van der Waals surface area contributed by atoms with Gasteiger partial charge in [-0.05, 0) is 59.1 Å². The summed E-state index contributed by atoms with van der Waals surface area (Å²) in [4.78, 5) is 20.9. The summed E-state index contributed by atoms with van der Waals surface area (Å²) in [5.74, 6) is 2.03. The van der Waals surface area contributed by atoms with E-state index >= 15 is 0 Å². The molecule has 9 heteroatoms. The monoisotopic (exact) mass is 493 g/mol. The summed E-state index contributed by atoms with van der Waals surface area (Å²) < 4.78 is 21.3. The lowest BCUT2D eigenvalue weighted by molar-refractivity contribution is -0.0373. The third kappa shape index (κ3) is 4.05. The molecular formula is C27H35N5O4. The van der Waals surface area contributed by atoms with E-state index in [1.165, 1.54) is 0 Å². The molecule has 0 radical (unpaired) electrons. The molecule has 192 valence electrons. The van der Waals surface area contributed by atoms with E-state index in [2.05, 4.69) is 9.67 Å². The van der Waals surface area contributed by atoms with Gasteiger partial charge >= 0.3 is 0 Å². The number of aryl methyl sites for hydroxylation is 3. The Balaban J connectivity index is 1.73. The quantitative estimate of drug-likeness (QED) is 0.539. The summed E-state index contributed by atoms with van der Waals surface area (Å²) in [5.41, 5.74) is 4.84. The molecule has 1 amide bonds. The Morgan fingerprint density at radius 3 is 2.61 bits per heavy atom. The van der Waals surface area contributed by atoms with E-state index in [-0.39, 0.29) is 12.0 Å². The van der Waals surface area contributed by atoms with E-state index in [9.17, 15) is 4.79 Å². The number of nitrogens with zero attached hydrogens (tertiary/aromatic N) is 5. The zero-order valence-corrected chi connectivity index (χ0v) is 22.2. The SMILES string of the molecule is COc1cc2c(cc1OC(C)C)-n1c(-c3cn(C)nc3C)nc(C(=O)N3CCOCC3(C)C)c1CC2. The van der Waals surface area contributed by atoms with Crippen LogP contribution in [0.15, 0.2) is 18.3 Å². The molecule has 1 saturated heterocycles. The fraction of sp³-hybridized carbons (Fsp3) is 0.519. The predicted octanol–water partition coefficient (Wildman–Crippen LogP) is 3.73. The summed E-state index contributed by atoms with van der Waals surface area (Å²) in [7, 11) is 3.55. The number of imidazole rings is 1. The van der Waals surface area contributed by atoms with Crippen LogP contribution in [0.4, 0.5) is 0 Å². The van der Waals surface area contributed by atoms with Crippen LogP contribution in [0.5, 0.6) is 11.5 Å². The number of hydrogen-bond donors (Lipinski definition) is 0. The molecule has 0 atom stereocenters. The molecule has 2 aromatic heterocycles. The van der Waals surface area contributed by atoms with E-state index in [4.69, 9.17) is 19.2 Å². The smallest absolute Gasteiger partial charge is 0.274 e. The van der Waals surface area contributed by atoms with Crippen LogP contribution in [0.25, 0.3) is 17.1 Å². The molecular weight excluding hydrogens is 458 g/mol. The number of methoxy groups -OCH3 is 1. The Bertz CT molecular complexity index is 1320. The molecule has 9 nitrogen and oxygen atoms in total. The predicted molar refractivity (Wildman–Crippen MR) is 136 cm³/mol. The van der Waals surface area contributed by atoms with Crippen LogP contribution in [0.2, 0.25) is 0 Å². The maximum atomic E-state index is 14.0. The molecule has 5 rings (SSSR count). The minimum atomic E-state index is -0.408. The Hall–Kier alpha value is -3.33. The molecule has 0 bridgehead atoms. The van der Waals surface area contributed by atoms with Crippen molar-refractivity contribution in [2.45, 2.75) is 59.1 Å². The highest BCUT2D eigenvalue weighted by molar-refractivity contribution is 5.95. The molecule has 0 spiro atoms. The molecule has 4 heterocycles. The second-order valence-electron chi connectivity index (χ2n) is 10.5. The molecule has 3 aromatic rings.